The molecule has 0 fully saturated rings. The molecule has 0 unspecified atom stereocenters. The van der Waals surface area contributed by atoms with Crippen LogP contribution in [0.25, 0.3) is 0 Å². The van der Waals surface area contributed by atoms with Gasteiger partial charge in [0.15, 0.2) is 0 Å². The van der Waals surface area contributed by atoms with Gasteiger partial charge in [-0.05, 0) is 24.7 Å². The molecule has 1 heterocycles. The van der Waals surface area contributed by atoms with Crippen LogP contribution in [0.4, 0.5) is 10.8 Å². The van der Waals surface area contributed by atoms with Crippen molar-refractivity contribution in [3.63, 3.8) is 0 Å². The van der Waals surface area contributed by atoms with E-state index in [0.29, 0.717) is 18.2 Å². The average Bonchev–Trinajstić information content (AvgIpc) is 2.91. The normalized spacial score (nSPS) is 10.7. The Kier molecular flexibility index (Phi) is 5.24. The predicted octanol–water partition coefficient (Wildman–Crippen LogP) is 1.67. The fourth-order valence-corrected chi connectivity index (χ4v) is 2.39. The van der Waals surface area contributed by atoms with Gasteiger partial charge in [-0.1, -0.05) is 23.5 Å². The Morgan fingerprint density at radius 2 is 2.14 bits per heavy atom. The molecule has 1 aromatic carbocycles. The first kappa shape index (κ1) is 15.4. The molecule has 0 atom stereocenters. The number of nitrogens with one attached hydrogen (secondary N) is 1. The van der Waals surface area contributed by atoms with Gasteiger partial charge >= 0.3 is 0 Å². The summed E-state index contributed by atoms with van der Waals surface area (Å²) in [5, 5.41) is 10.7. The minimum absolute atomic E-state index is 0.0852. The number of rotatable bonds is 6. The van der Waals surface area contributed by atoms with Crippen LogP contribution in [0.2, 0.25) is 0 Å². The topological polar surface area (TPSA) is 61.4 Å². The molecule has 1 aromatic heterocycles. The van der Waals surface area contributed by atoms with E-state index in [2.05, 4.69) is 38.6 Å². The number of benzene rings is 1. The number of hydrogen-bond donors (Lipinski definition) is 1. The van der Waals surface area contributed by atoms with Crippen molar-refractivity contribution >= 4 is 28.1 Å². The first-order chi connectivity index (χ1) is 10.0. The van der Waals surface area contributed by atoms with E-state index in [1.54, 1.807) is 5.51 Å². The number of nitrogens with zero attached hydrogens (tertiary/aromatic N) is 4. The Morgan fingerprint density at radius 1 is 1.33 bits per heavy atom. The zero-order chi connectivity index (χ0) is 15.2. The molecular formula is C14H19N5OS. The monoisotopic (exact) mass is 305 g/mol. The van der Waals surface area contributed by atoms with Crippen LogP contribution in [0.5, 0.6) is 0 Å². The van der Waals surface area contributed by atoms with Crippen LogP contribution >= 0.6 is 11.3 Å². The molecule has 21 heavy (non-hydrogen) atoms. The summed E-state index contributed by atoms with van der Waals surface area (Å²) in [6.45, 7) is 1.02. The van der Waals surface area contributed by atoms with E-state index in [4.69, 9.17) is 0 Å². The SMILES string of the molecule is CN(CC(=O)Nc1nncs1)Cc1cccc(N(C)C)c1. The van der Waals surface area contributed by atoms with Crippen molar-refractivity contribution in [3.8, 4) is 0 Å². The molecular weight excluding hydrogens is 286 g/mol. The Hall–Kier alpha value is -1.99. The van der Waals surface area contributed by atoms with Gasteiger partial charge in [0.25, 0.3) is 0 Å². The maximum absolute atomic E-state index is 11.9. The van der Waals surface area contributed by atoms with Gasteiger partial charge < -0.3 is 4.90 Å². The highest BCUT2D eigenvalue weighted by Gasteiger charge is 2.09. The highest BCUT2D eigenvalue weighted by Crippen LogP contribution is 2.14. The van der Waals surface area contributed by atoms with Crippen LogP contribution in [0.1, 0.15) is 5.56 Å². The van der Waals surface area contributed by atoms with Gasteiger partial charge in [-0.25, -0.2) is 0 Å². The summed E-state index contributed by atoms with van der Waals surface area (Å²) in [6, 6.07) is 8.27. The van der Waals surface area contributed by atoms with Crippen LogP contribution in [0.3, 0.4) is 0 Å². The maximum Gasteiger partial charge on any atom is 0.240 e. The lowest BCUT2D eigenvalue weighted by molar-refractivity contribution is -0.117. The molecule has 7 heteroatoms. The fraction of sp³-hybridized carbons (Fsp3) is 0.357. The fourth-order valence-electron chi connectivity index (χ4n) is 1.93. The molecule has 1 amide bonds. The quantitative estimate of drug-likeness (QED) is 0.880. The minimum atomic E-state index is -0.0852. The van der Waals surface area contributed by atoms with Crippen LogP contribution < -0.4 is 10.2 Å². The molecule has 0 aliphatic carbocycles. The molecule has 6 nitrogen and oxygen atoms in total. The van der Waals surface area contributed by atoms with Crippen molar-refractivity contribution in [3.05, 3.63) is 35.3 Å². The van der Waals surface area contributed by atoms with E-state index in [9.17, 15) is 4.79 Å². The largest absolute Gasteiger partial charge is 0.378 e. The predicted molar refractivity (Wildman–Crippen MR) is 85.6 cm³/mol. The lowest BCUT2D eigenvalue weighted by Gasteiger charge is -2.18. The van der Waals surface area contributed by atoms with Crippen molar-refractivity contribution in [1.29, 1.82) is 0 Å². The van der Waals surface area contributed by atoms with Gasteiger partial charge in [-0.3, -0.25) is 15.0 Å². The number of amides is 1. The van der Waals surface area contributed by atoms with Crippen molar-refractivity contribution in [2.24, 2.45) is 0 Å². The van der Waals surface area contributed by atoms with E-state index in [-0.39, 0.29) is 5.91 Å². The second-order valence-electron chi connectivity index (χ2n) is 5.03. The lowest BCUT2D eigenvalue weighted by atomic mass is 10.2. The third-order valence-corrected chi connectivity index (χ3v) is 3.51. The molecule has 0 bridgehead atoms. The molecule has 0 radical (unpaired) electrons. The standard InChI is InChI=1S/C14H19N5OS/c1-18(2)12-6-4-5-11(7-12)8-19(3)9-13(20)16-14-17-15-10-21-14/h4-7,10H,8-9H2,1-3H3,(H,16,17,20). The zero-order valence-electron chi connectivity index (χ0n) is 12.4. The molecule has 2 rings (SSSR count). The third kappa shape index (κ3) is 4.80. The highest BCUT2D eigenvalue weighted by atomic mass is 32.1. The number of hydrogen-bond acceptors (Lipinski definition) is 6. The van der Waals surface area contributed by atoms with E-state index in [0.717, 1.165) is 5.69 Å². The van der Waals surface area contributed by atoms with Crippen LogP contribution in [0.15, 0.2) is 29.8 Å². The number of likely N-dealkylation sites (N-methyl/N-ethyl adjacent to an activating group) is 1. The van der Waals surface area contributed by atoms with Gasteiger partial charge in [0.05, 0.1) is 6.54 Å². The molecule has 2 aromatic rings. The summed E-state index contributed by atoms with van der Waals surface area (Å²) in [7, 11) is 5.94. The number of anilines is 2. The summed E-state index contributed by atoms with van der Waals surface area (Å²) < 4.78 is 0. The third-order valence-electron chi connectivity index (χ3n) is 2.90. The molecule has 0 spiro atoms. The van der Waals surface area contributed by atoms with Gasteiger partial charge in [0, 0.05) is 26.3 Å². The van der Waals surface area contributed by atoms with Gasteiger partial charge in [0.1, 0.15) is 5.51 Å². The summed E-state index contributed by atoms with van der Waals surface area (Å²) >= 11 is 1.31. The Bertz CT molecular complexity index is 585. The Labute approximate surface area is 128 Å². The van der Waals surface area contributed by atoms with E-state index in [1.807, 2.05) is 32.1 Å². The Morgan fingerprint density at radius 3 is 2.81 bits per heavy atom. The summed E-state index contributed by atoms with van der Waals surface area (Å²) in [6.07, 6.45) is 0. The molecule has 112 valence electrons. The summed E-state index contributed by atoms with van der Waals surface area (Å²) in [5.74, 6) is -0.0852. The summed E-state index contributed by atoms with van der Waals surface area (Å²) in [5.41, 5.74) is 3.91. The van der Waals surface area contributed by atoms with Gasteiger partial charge in [-0.15, -0.1) is 10.2 Å². The smallest absolute Gasteiger partial charge is 0.240 e. The molecule has 0 aliphatic rings. The first-order valence-electron chi connectivity index (χ1n) is 6.55. The van der Waals surface area contributed by atoms with Gasteiger partial charge in [0.2, 0.25) is 11.0 Å². The van der Waals surface area contributed by atoms with E-state index < -0.39 is 0 Å². The lowest BCUT2D eigenvalue weighted by Crippen LogP contribution is -2.29. The Balaban J connectivity index is 1.87. The molecule has 1 N–H and O–H groups in total. The highest BCUT2D eigenvalue weighted by molar-refractivity contribution is 7.13. The van der Waals surface area contributed by atoms with Crippen molar-refractivity contribution in [2.75, 3.05) is 37.9 Å². The zero-order valence-corrected chi connectivity index (χ0v) is 13.2. The second-order valence-corrected chi connectivity index (χ2v) is 5.86. The average molecular weight is 305 g/mol. The van der Waals surface area contributed by atoms with Crippen molar-refractivity contribution < 1.29 is 4.79 Å². The molecule has 0 aliphatic heterocycles. The molecule has 0 saturated carbocycles. The van der Waals surface area contributed by atoms with Crippen molar-refractivity contribution in [2.45, 2.75) is 6.54 Å². The summed E-state index contributed by atoms with van der Waals surface area (Å²) in [4.78, 5) is 15.9. The maximum atomic E-state index is 11.9. The molecule has 0 saturated heterocycles. The van der Waals surface area contributed by atoms with E-state index >= 15 is 0 Å². The van der Waals surface area contributed by atoms with E-state index in [1.165, 1.54) is 16.9 Å². The number of carbonyl (C=O) groups excluding carboxylic acids is 1. The van der Waals surface area contributed by atoms with Gasteiger partial charge in [-0.2, -0.15) is 0 Å². The number of aromatic nitrogens is 2. The van der Waals surface area contributed by atoms with Crippen LogP contribution in [0, 0.1) is 0 Å². The van der Waals surface area contributed by atoms with Crippen LogP contribution in [-0.4, -0.2) is 48.7 Å². The number of carbonyl (C=O) groups is 1. The second kappa shape index (κ2) is 7.14. The van der Waals surface area contributed by atoms with Crippen LogP contribution in [-0.2, 0) is 11.3 Å². The first-order valence-corrected chi connectivity index (χ1v) is 7.43. The van der Waals surface area contributed by atoms with Crippen molar-refractivity contribution in [1.82, 2.24) is 15.1 Å². The minimum Gasteiger partial charge on any atom is -0.378 e.